The number of likely N-dealkylation sites (N-methyl/N-ethyl adjacent to an activating group) is 1. The van der Waals surface area contributed by atoms with Crippen LogP contribution in [0.4, 0.5) is 0 Å². The molecule has 1 unspecified atom stereocenters. The SMILES string of the molecule is CCN1CCC(NC(=S)NC(C)C)C1. The Hall–Kier alpha value is -0.350. The first kappa shape index (κ1) is 11.7. The third-order valence-corrected chi connectivity index (χ3v) is 2.71. The van der Waals surface area contributed by atoms with E-state index in [1.807, 2.05) is 0 Å². The Bertz CT molecular complexity index is 194. The van der Waals surface area contributed by atoms with Gasteiger partial charge in [-0.1, -0.05) is 6.92 Å². The number of nitrogens with one attached hydrogen (secondary N) is 2. The molecule has 0 aromatic carbocycles. The van der Waals surface area contributed by atoms with Crippen LogP contribution in [0.25, 0.3) is 0 Å². The van der Waals surface area contributed by atoms with Gasteiger partial charge in [-0.2, -0.15) is 0 Å². The van der Waals surface area contributed by atoms with E-state index in [0.717, 1.165) is 18.2 Å². The van der Waals surface area contributed by atoms with Crippen LogP contribution in [0.1, 0.15) is 27.2 Å². The molecule has 1 fully saturated rings. The third kappa shape index (κ3) is 3.80. The number of nitrogens with zero attached hydrogens (tertiary/aromatic N) is 1. The molecule has 1 saturated heterocycles. The number of rotatable bonds is 3. The van der Waals surface area contributed by atoms with E-state index in [4.69, 9.17) is 12.2 Å². The highest BCUT2D eigenvalue weighted by Gasteiger charge is 2.21. The molecule has 3 nitrogen and oxygen atoms in total. The van der Waals surface area contributed by atoms with Gasteiger partial charge in [0, 0.05) is 25.2 Å². The molecular formula is C10H21N3S. The molecule has 1 rings (SSSR count). The van der Waals surface area contributed by atoms with Gasteiger partial charge < -0.3 is 15.5 Å². The van der Waals surface area contributed by atoms with Crippen molar-refractivity contribution in [1.82, 2.24) is 15.5 Å². The quantitative estimate of drug-likeness (QED) is 0.686. The normalized spacial score (nSPS) is 22.7. The van der Waals surface area contributed by atoms with Crippen molar-refractivity contribution in [2.45, 2.75) is 39.3 Å². The molecule has 4 heteroatoms. The second kappa shape index (κ2) is 5.51. The van der Waals surface area contributed by atoms with Crippen molar-refractivity contribution >= 4 is 17.3 Å². The Labute approximate surface area is 92.2 Å². The highest BCUT2D eigenvalue weighted by atomic mass is 32.1. The van der Waals surface area contributed by atoms with Crippen molar-refractivity contribution in [2.24, 2.45) is 0 Å². The number of hydrogen-bond acceptors (Lipinski definition) is 2. The van der Waals surface area contributed by atoms with Gasteiger partial charge >= 0.3 is 0 Å². The minimum Gasteiger partial charge on any atom is -0.361 e. The largest absolute Gasteiger partial charge is 0.361 e. The van der Waals surface area contributed by atoms with Gasteiger partial charge in [0.1, 0.15) is 0 Å². The molecule has 1 atom stereocenters. The topological polar surface area (TPSA) is 27.3 Å². The first-order chi connectivity index (χ1) is 6.61. The van der Waals surface area contributed by atoms with Gasteiger partial charge in [-0.25, -0.2) is 0 Å². The second-order valence-electron chi connectivity index (χ2n) is 4.15. The second-order valence-corrected chi connectivity index (χ2v) is 4.56. The van der Waals surface area contributed by atoms with E-state index in [0.29, 0.717) is 12.1 Å². The lowest BCUT2D eigenvalue weighted by Crippen LogP contribution is -2.45. The molecule has 0 bridgehead atoms. The maximum absolute atomic E-state index is 5.20. The van der Waals surface area contributed by atoms with Crippen LogP contribution in [0.15, 0.2) is 0 Å². The van der Waals surface area contributed by atoms with Crippen molar-refractivity contribution in [3.05, 3.63) is 0 Å². The summed E-state index contributed by atoms with van der Waals surface area (Å²) >= 11 is 5.20. The highest BCUT2D eigenvalue weighted by Crippen LogP contribution is 2.07. The Morgan fingerprint density at radius 3 is 2.79 bits per heavy atom. The molecular weight excluding hydrogens is 194 g/mol. The van der Waals surface area contributed by atoms with Gasteiger partial charge in [-0.15, -0.1) is 0 Å². The average molecular weight is 215 g/mol. The summed E-state index contributed by atoms with van der Waals surface area (Å²) in [5, 5.41) is 7.35. The lowest BCUT2D eigenvalue weighted by Gasteiger charge is -2.18. The zero-order valence-electron chi connectivity index (χ0n) is 9.34. The summed E-state index contributed by atoms with van der Waals surface area (Å²) in [6.07, 6.45) is 1.20. The molecule has 14 heavy (non-hydrogen) atoms. The van der Waals surface area contributed by atoms with Gasteiger partial charge in [-0.05, 0) is 39.0 Å². The maximum Gasteiger partial charge on any atom is 0.166 e. The van der Waals surface area contributed by atoms with Gasteiger partial charge in [-0.3, -0.25) is 0 Å². The fourth-order valence-corrected chi connectivity index (χ4v) is 2.13. The summed E-state index contributed by atoms with van der Waals surface area (Å²) in [6.45, 7) is 9.85. The Kier molecular flexibility index (Phi) is 4.62. The van der Waals surface area contributed by atoms with E-state index >= 15 is 0 Å². The first-order valence-corrected chi connectivity index (χ1v) is 5.82. The maximum atomic E-state index is 5.20. The fraction of sp³-hybridized carbons (Fsp3) is 0.900. The van der Waals surface area contributed by atoms with E-state index in [9.17, 15) is 0 Å². The van der Waals surface area contributed by atoms with Crippen molar-refractivity contribution in [3.8, 4) is 0 Å². The summed E-state index contributed by atoms with van der Waals surface area (Å²) in [5.41, 5.74) is 0. The lowest BCUT2D eigenvalue weighted by atomic mass is 10.3. The van der Waals surface area contributed by atoms with Crippen molar-refractivity contribution < 1.29 is 0 Å². The molecule has 0 radical (unpaired) electrons. The van der Waals surface area contributed by atoms with Crippen LogP contribution in [0.2, 0.25) is 0 Å². The lowest BCUT2D eigenvalue weighted by molar-refractivity contribution is 0.351. The smallest absolute Gasteiger partial charge is 0.166 e. The highest BCUT2D eigenvalue weighted by molar-refractivity contribution is 7.80. The van der Waals surface area contributed by atoms with Crippen LogP contribution < -0.4 is 10.6 Å². The first-order valence-electron chi connectivity index (χ1n) is 5.41. The van der Waals surface area contributed by atoms with E-state index in [1.54, 1.807) is 0 Å². The van der Waals surface area contributed by atoms with Gasteiger partial charge in [0.25, 0.3) is 0 Å². The summed E-state index contributed by atoms with van der Waals surface area (Å²) in [4.78, 5) is 2.44. The molecule has 1 aliphatic rings. The zero-order chi connectivity index (χ0) is 10.6. The molecule has 1 heterocycles. The van der Waals surface area contributed by atoms with E-state index in [-0.39, 0.29) is 0 Å². The summed E-state index contributed by atoms with van der Waals surface area (Å²) in [7, 11) is 0. The predicted octanol–water partition coefficient (Wildman–Crippen LogP) is 0.953. The van der Waals surface area contributed by atoms with E-state index < -0.39 is 0 Å². The monoisotopic (exact) mass is 215 g/mol. The predicted molar refractivity (Wildman–Crippen MR) is 64.5 cm³/mol. The third-order valence-electron chi connectivity index (χ3n) is 2.47. The molecule has 2 N–H and O–H groups in total. The van der Waals surface area contributed by atoms with Crippen LogP contribution in [0.5, 0.6) is 0 Å². The van der Waals surface area contributed by atoms with Crippen molar-refractivity contribution in [3.63, 3.8) is 0 Å². The minimum absolute atomic E-state index is 0.415. The summed E-state index contributed by atoms with van der Waals surface area (Å²) < 4.78 is 0. The van der Waals surface area contributed by atoms with E-state index in [1.165, 1.54) is 13.0 Å². The standard InChI is InChI=1S/C10H21N3S/c1-4-13-6-5-9(7-13)12-10(14)11-8(2)3/h8-9H,4-7H2,1-3H3,(H2,11,12,14). The molecule has 0 aromatic heterocycles. The average Bonchev–Trinajstić information content (AvgIpc) is 2.50. The molecule has 82 valence electrons. The van der Waals surface area contributed by atoms with Crippen molar-refractivity contribution in [2.75, 3.05) is 19.6 Å². The van der Waals surface area contributed by atoms with Gasteiger partial charge in [0.2, 0.25) is 0 Å². The minimum atomic E-state index is 0.415. The van der Waals surface area contributed by atoms with Crippen LogP contribution in [0, 0.1) is 0 Å². The Balaban J connectivity index is 2.22. The Morgan fingerprint density at radius 1 is 1.57 bits per heavy atom. The van der Waals surface area contributed by atoms with Crippen LogP contribution >= 0.6 is 12.2 Å². The Morgan fingerprint density at radius 2 is 2.29 bits per heavy atom. The number of thiocarbonyl (C=S) groups is 1. The van der Waals surface area contributed by atoms with Gasteiger partial charge in [0.15, 0.2) is 5.11 Å². The summed E-state index contributed by atoms with van der Waals surface area (Å²) in [5.74, 6) is 0. The number of likely N-dealkylation sites (tertiary alicyclic amines) is 1. The molecule has 0 aliphatic carbocycles. The molecule has 0 saturated carbocycles. The molecule has 0 spiro atoms. The van der Waals surface area contributed by atoms with Crippen molar-refractivity contribution in [1.29, 1.82) is 0 Å². The van der Waals surface area contributed by atoms with Crippen LogP contribution in [0.3, 0.4) is 0 Å². The molecule has 0 amide bonds. The summed E-state index contributed by atoms with van der Waals surface area (Å²) in [6, 6.07) is 0.951. The molecule has 0 aromatic rings. The fourth-order valence-electron chi connectivity index (χ4n) is 1.73. The van der Waals surface area contributed by atoms with Crippen LogP contribution in [-0.4, -0.2) is 41.7 Å². The van der Waals surface area contributed by atoms with Crippen LogP contribution in [-0.2, 0) is 0 Å². The van der Waals surface area contributed by atoms with Gasteiger partial charge in [0.05, 0.1) is 0 Å². The van der Waals surface area contributed by atoms with E-state index in [2.05, 4.69) is 36.3 Å². The molecule has 1 aliphatic heterocycles. The number of hydrogen-bond donors (Lipinski definition) is 2. The zero-order valence-corrected chi connectivity index (χ0v) is 10.2.